The Bertz CT molecular complexity index is 593. The highest BCUT2D eigenvalue weighted by molar-refractivity contribution is 5.85. The molecule has 1 aliphatic rings. The van der Waals surface area contributed by atoms with E-state index in [1.807, 2.05) is 0 Å². The van der Waals surface area contributed by atoms with Crippen LogP contribution in [-0.2, 0) is 13.0 Å². The predicted octanol–water partition coefficient (Wildman–Crippen LogP) is 4.76. The molecule has 1 saturated carbocycles. The maximum Gasteiger partial charge on any atom is 0.138 e. The third-order valence-corrected chi connectivity index (χ3v) is 4.18. The molecule has 2 nitrogen and oxygen atoms in total. The minimum absolute atomic E-state index is 0.503. The van der Waals surface area contributed by atoms with Crippen molar-refractivity contribution in [2.45, 2.75) is 65.0 Å². The molecule has 20 heavy (non-hydrogen) atoms. The highest BCUT2D eigenvalue weighted by atomic mass is 16.3. The van der Waals surface area contributed by atoms with Gasteiger partial charge >= 0.3 is 0 Å². The lowest BCUT2D eigenvalue weighted by atomic mass is 9.98. The van der Waals surface area contributed by atoms with Crippen LogP contribution in [0.1, 0.15) is 62.8 Å². The van der Waals surface area contributed by atoms with Crippen molar-refractivity contribution < 1.29 is 4.42 Å². The summed E-state index contributed by atoms with van der Waals surface area (Å²) in [5, 5.41) is 4.91. The van der Waals surface area contributed by atoms with E-state index in [2.05, 4.69) is 44.3 Å². The number of nitrogens with one attached hydrogen (secondary N) is 1. The van der Waals surface area contributed by atoms with Gasteiger partial charge in [0.25, 0.3) is 0 Å². The van der Waals surface area contributed by atoms with E-state index < -0.39 is 0 Å². The van der Waals surface area contributed by atoms with Gasteiger partial charge in [-0.1, -0.05) is 45.4 Å². The quantitative estimate of drug-likeness (QED) is 0.819. The van der Waals surface area contributed by atoms with Crippen molar-refractivity contribution in [3.8, 4) is 0 Å². The number of hydrogen-bond donors (Lipinski definition) is 1. The second-order valence-electron chi connectivity index (χ2n) is 6.29. The summed E-state index contributed by atoms with van der Waals surface area (Å²) in [6, 6.07) is 7.31. The van der Waals surface area contributed by atoms with E-state index in [1.165, 1.54) is 29.4 Å². The number of hydrogen-bond acceptors (Lipinski definition) is 2. The molecule has 0 bridgehead atoms. The molecule has 0 spiro atoms. The van der Waals surface area contributed by atoms with E-state index in [9.17, 15) is 0 Å². The molecule has 0 radical (unpaired) electrons. The van der Waals surface area contributed by atoms with Gasteiger partial charge in [-0.25, -0.2) is 0 Å². The van der Waals surface area contributed by atoms with E-state index in [0.717, 1.165) is 36.8 Å². The second-order valence-corrected chi connectivity index (χ2v) is 6.29. The number of rotatable bonds is 6. The molecule has 2 aromatic rings. The summed E-state index contributed by atoms with van der Waals surface area (Å²) in [5.74, 6) is 1.66. The highest BCUT2D eigenvalue weighted by Gasteiger charge is 2.23. The number of benzene rings is 1. The van der Waals surface area contributed by atoms with E-state index in [1.54, 1.807) is 0 Å². The molecular formula is C18H25NO. The van der Waals surface area contributed by atoms with E-state index in [-0.39, 0.29) is 0 Å². The van der Waals surface area contributed by atoms with Crippen LogP contribution in [0.2, 0.25) is 0 Å². The van der Waals surface area contributed by atoms with Crippen molar-refractivity contribution in [1.29, 1.82) is 0 Å². The Hall–Kier alpha value is -1.28. The first-order valence-electron chi connectivity index (χ1n) is 7.97. The first-order chi connectivity index (χ1) is 9.70. The molecule has 1 fully saturated rings. The minimum Gasteiger partial charge on any atom is -0.459 e. The summed E-state index contributed by atoms with van der Waals surface area (Å²) in [7, 11) is 0. The van der Waals surface area contributed by atoms with Gasteiger partial charge in [-0.05, 0) is 30.7 Å². The number of para-hydroxylation sites is 1. The maximum atomic E-state index is 6.26. The van der Waals surface area contributed by atoms with Crippen LogP contribution in [-0.4, -0.2) is 6.04 Å². The highest BCUT2D eigenvalue weighted by Crippen LogP contribution is 2.33. The number of aryl methyl sites for hydroxylation is 1. The Kier molecular flexibility index (Phi) is 3.84. The van der Waals surface area contributed by atoms with Gasteiger partial charge in [0.05, 0.1) is 6.54 Å². The minimum atomic E-state index is 0.503. The molecule has 0 aliphatic heterocycles. The maximum absolute atomic E-state index is 6.26. The van der Waals surface area contributed by atoms with E-state index in [0.29, 0.717) is 5.92 Å². The Morgan fingerprint density at radius 2 is 2.10 bits per heavy atom. The van der Waals surface area contributed by atoms with Crippen LogP contribution >= 0.6 is 0 Å². The molecule has 2 heteroatoms. The fraction of sp³-hybridized carbons (Fsp3) is 0.556. The van der Waals surface area contributed by atoms with Gasteiger partial charge in [0.15, 0.2) is 0 Å². The summed E-state index contributed by atoms with van der Waals surface area (Å²) < 4.78 is 6.26. The molecule has 1 aromatic carbocycles. The van der Waals surface area contributed by atoms with Crippen LogP contribution in [0, 0.1) is 0 Å². The molecule has 1 heterocycles. The number of furan rings is 1. The van der Waals surface area contributed by atoms with Crippen molar-refractivity contribution in [3.05, 3.63) is 35.1 Å². The summed E-state index contributed by atoms with van der Waals surface area (Å²) in [6.07, 6.45) is 4.91. The zero-order valence-corrected chi connectivity index (χ0v) is 12.8. The van der Waals surface area contributed by atoms with Crippen LogP contribution in [0.15, 0.2) is 22.6 Å². The van der Waals surface area contributed by atoms with Crippen LogP contribution in [0.3, 0.4) is 0 Å². The van der Waals surface area contributed by atoms with Gasteiger partial charge < -0.3 is 9.73 Å². The van der Waals surface area contributed by atoms with Gasteiger partial charge in [0.1, 0.15) is 11.3 Å². The van der Waals surface area contributed by atoms with Crippen molar-refractivity contribution in [2.24, 2.45) is 0 Å². The zero-order chi connectivity index (χ0) is 14.1. The predicted molar refractivity (Wildman–Crippen MR) is 84.2 cm³/mol. The van der Waals surface area contributed by atoms with Crippen molar-refractivity contribution in [1.82, 2.24) is 5.32 Å². The van der Waals surface area contributed by atoms with Gasteiger partial charge in [-0.3, -0.25) is 0 Å². The van der Waals surface area contributed by atoms with Crippen LogP contribution in [0.4, 0.5) is 0 Å². The van der Waals surface area contributed by atoms with Gasteiger partial charge in [0.2, 0.25) is 0 Å². The fourth-order valence-electron chi connectivity index (χ4n) is 2.89. The average molecular weight is 271 g/mol. The molecule has 3 rings (SSSR count). The Labute approximate surface area is 121 Å². The van der Waals surface area contributed by atoms with Gasteiger partial charge in [-0.15, -0.1) is 0 Å². The Morgan fingerprint density at radius 1 is 1.30 bits per heavy atom. The van der Waals surface area contributed by atoms with Crippen LogP contribution < -0.4 is 5.32 Å². The number of fused-ring (bicyclic) bond motifs is 1. The third-order valence-electron chi connectivity index (χ3n) is 4.18. The lowest BCUT2D eigenvalue weighted by molar-refractivity contribution is 0.502. The summed E-state index contributed by atoms with van der Waals surface area (Å²) >= 11 is 0. The third kappa shape index (κ3) is 2.62. The largest absolute Gasteiger partial charge is 0.459 e. The monoisotopic (exact) mass is 271 g/mol. The normalized spacial score (nSPS) is 15.4. The molecular weight excluding hydrogens is 246 g/mol. The fourth-order valence-corrected chi connectivity index (χ4v) is 2.89. The smallest absolute Gasteiger partial charge is 0.138 e. The van der Waals surface area contributed by atoms with Gasteiger partial charge in [-0.2, -0.15) is 0 Å². The Morgan fingerprint density at radius 3 is 2.75 bits per heavy atom. The van der Waals surface area contributed by atoms with E-state index >= 15 is 0 Å². The van der Waals surface area contributed by atoms with Crippen molar-refractivity contribution in [2.75, 3.05) is 0 Å². The molecule has 0 unspecified atom stereocenters. The van der Waals surface area contributed by atoms with Gasteiger partial charge in [0, 0.05) is 17.0 Å². The van der Waals surface area contributed by atoms with Crippen LogP contribution in [0.25, 0.3) is 11.0 Å². The lowest BCUT2D eigenvalue weighted by Crippen LogP contribution is -2.15. The zero-order valence-electron chi connectivity index (χ0n) is 12.8. The van der Waals surface area contributed by atoms with Crippen LogP contribution in [0.5, 0.6) is 0 Å². The average Bonchev–Trinajstić information content (AvgIpc) is 3.19. The molecule has 0 saturated heterocycles. The topological polar surface area (TPSA) is 25.2 Å². The molecule has 108 valence electrons. The summed E-state index contributed by atoms with van der Waals surface area (Å²) in [4.78, 5) is 0. The standard InChI is InChI=1S/C18H25NO/c1-4-6-15-16-8-5-7-14(12(2)3)18(16)20-17(15)11-19-13-9-10-13/h5,7-8,12-13,19H,4,6,9-11H2,1-3H3. The first-order valence-corrected chi connectivity index (χ1v) is 7.97. The van der Waals surface area contributed by atoms with E-state index in [4.69, 9.17) is 4.42 Å². The molecule has 1 aliphatic carbocycles. The van der Waals surface area contributed by atoms with Crippen molar-refractivity contribution in [3.63, 3.8) is 0 Å². The lowest BCUT2D eigenvalue weighted by Gasteiger charge is -2.05. The molecule has 0 atom stereocenters. The first kappa shape index (κ1) is 13.7. The molecule has 1 N–H and O–H groups in total. The second kappa shape index (κ2) is 5.61. The Balaban J connectivity index is 2.02. The SMILES string of the molecule is CCCc1c(CNC2CC2)oc2c(C(C)C)cccc12. The summed E-state index contributed by atoms with van der Waals surface area (Å²) in [5.41, 5.74) is 3.86. The van der Waals surface area contributed by atoms with Crippen molar-refractivity contribution >= 4 is 11.0 Å². The summed E-state index contributed by atoms with van der Waals surface area (Å²) in [6.45, 7) is 7.59. The molecule has 1 aromatic heterocycles. The molecule has 0 amide bonds.